The van der Waals surface area contributed by atoms with Crippen molar-refractivity contribution in [2.24, 2.45) is 0 Å². The molecule has 0 radical (unpaired) electrons. The minimum Gasteiger partial charge on any atom is -0.382 e. The first-order chi connectivity index (χ1) is 11.6. The van der Waals surface area contributed by atoms with E-state index in [9.17, 15) is 4.79 Å². The first-order valence-electron chi connectivity index (χ1n) is 7.27. The molecule has 0 saturated carbocycles. The number of anilines is 2. The zero-order valence-electron chi connectivity index (χ0n) is 13.1. The smallest absolute Gasteiger partial charge is 0.323 e. The third-order valence-corrected chi connectivity index (χ3v) is 3.63. The van der Waals surface area contributed by atoms with E-state index in [0.29, 0.717) is 41.2 Å². The van der Waals surface area contributed by atoms with Crippen molar-refractivity contribution in [3.05, 3.63) is 58.1 Å². The molecule has 0 aliphatic carbocycles. The van der Waals surface area contributed by atoms with Crippen LogP contribution in [0.3, 0.4) is 0 Å². The number of ether oxygens (including phenoxy) is 2. The molecule has 0 atom stereocenters. The van der Waals surface area contributed by atoms with Gasteiger partial charge in [0.2, 0.25) is 0 Å². The largest absolute Gasteiger partial charge is 0.382 e. The molecular weight excluding hydrogens is 351 g/mol. The van der Waals surface area contributed by atoms with Crippen molar-refractivity contribution in [3.8, 4) is 0 Å². The van der Waals surface area contributed by atoms with Crippen LogP contribution in [0.5, 0.6) is 0 Å². The van der Waals surface area contributed by atoms with Gasteiger partial charge in [0.05, 0.1) is 30.5 Å². The standard InChI is InChI=1S/C17H18Cl2N2O3/c1-23-7-8-24-11-12-3-2-4-14(9-12)20-17(22)21-16-10-13(18)5-6-15(16)19/h2-6,9-10H,7-8,11H2,1H3,(H2,20,21,22). The highest BCUT2D eigenvalue weighted by atomic mass is 35.5. The van der Waals surface area contributed by atoms with Crippen molar-refractivity contribution in [2.75, 3.05) is 31.0 Å². The Balaban J connectivity index is 1.92. The summed E-state index contributed by atoms with van der Waals surface area (Å²) in [5, 5.41) is 6.31. The summed E-state index contributed by atoms with van der Waals surface area (Å²) in [7, 11) is 1.62. The Hall–Kier alpha value is -1.79. The Labute approximate surface area is 150 Å². The Kier molecular flexibility index (Phi) is 7.34. The topological polar surface area (TPSA) is 59.6 Å². The van der Waals surface area contributed by atoms with E-state index in [2.05, 4.69) is 10.6 Å². The number of amides is 2. The molecule has 2 N–H and O–H groups in total. The van der Waals surface area contributed by atoms with Crippen LogP contribution in [0.2, 0.25) is 10.0 Å². The predicted molar refractivity (Wildman–Crippen MR) is 97.1 cm³/mol. The summed E-state index contributed by atoms with van der Waals surface area (Å²) in [6.07, 6.45) is 0. The maximum atomic E-state index is 12.1. The minimum absolute atomic E-state index is 0.406. The molecule has 2 rings (SSSR count). The van der Waals surface area contributed by atoms with E-state index in [1.807, 2.05) is 18.2 Å². The third-order valence-electron chi connectivity index (χ3n) is 3.06. The molecule has 0 saturated heterocycles. The van der Waals surface area contributed by atoms with Gasteiger partial charge in [-0.25, -0.2) is 4.79 Å². The van der Waals surface area contributed by atoms with Gasteiger partial charge in [-0.3, -0.25) is 0 Å². The fourth-order valence-electron chi connectivity index (χ4n) is 1.95. The van der Waals surface area contributed by atoms with E-state index in [-0.39, 0.29) is 0 Å². The maximum Gasteiger partial charge on any atom is 0.323 e. The number of methoxy groups -OCH3 is 1. The molecule has 5 nitrogen and oxygen atoms in total. The summed E-state index contributed by atoms with van der Waals surface area (Å²) >= 11 is 11.9. The molecule has 7 heteroatoms. The molecule has 0 bridgehead atoms. The summed E-state index contributed by atoms with van der Waals surface area (Å²) in [6.45, 7) is 1.50. The Morgan fingerprint density at radius 2 is 1.92 bits per heavy atom. The van der Waals surface area contributed by atoms with Gasteiger partial charge in [0, 0.05) is 17.8 Å². The van der Waals surface area contributed by atoms with Gasteiger partial charge < -0.3 is 20.1 Å². The van der Waals surface area contributed by atoms with Crippen LogP contribution in [0.4, 0.5) is 16.2 Å². The van der Waals surface area contributed by atoms with Crippen LogP contribution in [-0.2, 0) is 16.1 Å². The lowest BCUT2D eigenvalue weighted by Crippen LogP contribution is -2.19. The molecule has 0 unspecified atom stereocenters. The summed E-state index contributed by atoms with van der Waals surface area (Å²) < 4.78 is 10.4. The zero-order chi connectivity index (χ0) is 17.4. The van der Waals surface area contributed by atoms with Crippen molar-refractivity contribution >= 4 is 40.6 Å². The summed E-state index contributed by atoms with van der Waals surface area (Å²) in [4.78, 5) is 12.1. The van der Waals surface area contributed by atoms with Crippen LogP contribution >= 0.6 is 23.2 Å². The van der Waals surface area contributed by atoms with Crippen LogP contribution in [0, 0.1) is 0 Å². The summed E-state index contributed by atoms with van der Waals surface area (Å²) in [6, 6.07) is 11.8. The second kappa shape index (κ2) is 9.49. The first kappa shape index (κ1) is 18.5. The van der Waals surface area contributed by atoms with Gasteiger partial charge >= 0.3 is 6.03 Å². The first-order valence-corrected chi connectivity index (χ1v) is 8.03. The molecule has 0 aromatic heterocycles. The predicted octanol–water partition coefficient (Wildman–Crippen LogP) is 4.80. The fraction of sp³-hybridized carbons (Fsp3) is 0.235. The average molecular weight is 369 g/mol. The lowest BCUT2D eigenvalue weighted by atomic mass is 10.2. The van der Waals surface area contributed by atoms with E-state index in [1.165, 1.54) is 0 Å². The van der Waals surface area contributed by atoms with Gasteiger partial charge in [0.1, 0.15) is 0 Å². The van der Waals surface area contributed by atoms with Gasteiger partial charge in [-0.15, -0.1) is 0 Å². The van der Waals surface area contributed by atoms with Crippen LogP contribution in [0.15, 0.2) is 42.5 Å². The van der Waals surface area contributed by atoms with E-state index >= 15 is 0 Å². The van der Waals surface area contributed by atoms with Gasteiger partial charge in [-0.1, -0.05) is 35.3 Å². The number of carbonyl (C=O) groups excluding carboxylic acids is 1. The molecule has 24 heavy (non-hydrogen) atoms. The van der Waals surface area contributed by atoms with Crippen LogP contribution < -0.4 is 10.6 Å². The second-order valence-electron chi connectivity index (χ2n) is 4.95. The number of benzene rings is 2. The number of urea groups is 1. The van der Waals surface area contributed by atoms with Gasteiger partial charge in [0.25, 0.3) is 0 Å². The van der Waals surface area contributed by atoms with Gasteiger partial charge in [0.15, 0.2) is 0 Å². The quantitative estimate of drug-likeness (QED) is 0.690. The number of hydrogen-bond donors (Lipinski definition) is 2. The summed E-state index contributed by atoms with van der Waals surface area (Å²) in [5.41, 5.74) is 2.05. The average Bonchev–Trinajstić information content (AvgIpc) is 2.55. The number of nitrogens with one attached hydrogen (secondary N) is 2. The normalized spacial score (nSPS) is 10.5. The molecule has 2 amide bonds. The van der Waals surface area contributed by atoms with Gasteiger partial charge in [-0.2, -0.15) is 0 Å². The summed E-state index contributed by atoms with van der Waals surface area (Å²) in [5.74, 6) is 0. The van der Waals surface area contributed by atoms with E-state index in [1.54, 1.807) is 31.4 Å². The molecule has 0 aliphatic heterocycles. The van der Waals surface area contributed by atoms with Crippen molar-refractivity contribution in [2.45, 2.75) is 6.61 Å². The van der Waals surface area contributed by atoms with Crippen LogP contribution in [0.1, 0.15) is 5.56 Å². The van der Waals surface area contributed by atoms with E-state index in [4.69, 9.17) is 32.7 Å². The van der Waals surface area contributed by atoms with Crippen molar-refractivity contribution in [3.63, 3.8) is 0 Å². The SMILES string of the molecule is COCCOCc1cccc(NC(=O)Nc2cc(Cl)ccc2Cl)c1. The molecule has 2 aromatic rings. The van der Waals surface area contributed by atoms with E-state index in [0.717, 1.165) is 5.56 Å². The minimum atomic E-state index is -0.406. The number of rotatable bonds is 7. The number of hydrogen-bond acceptors (Lipinski definition) is 3. The maximum absolute atomic E-state index is 12.1. The van der Waals surface area contributed by atoms with Crippen molar-refractivity contribution in [1.29, 1.82) is 0 Å². The number of carbonyl (C=O) groups is 1. The monoisotopic (exact) mass is 368 g/mol. The lowest BCUT2D eigenvalue weighted by molar-refractivity contribution is 0.0617. The van der Waals surface area contributed by atoms with Crippen LogP contribution in [0.25, 0.3) is 0 Å². The fourth-order valence-corrected chi connectivity index (χ4v) is 2.29. The van der Waals surface area contributed by atoms with Gasteiger partial charge in [-0.05, 0) is 35.9 Å². The highest BCUT2D eigenvalue weighted by molar-refractivity contribution is 6.35. The number of halogens is 2. The molecule has 0 spiro atoms. The molecule has 0 fully saturated rings. The Bertz CT molecular complexity index is 695. The van der Waals surface area contributed by atoms with Crippen molar-refractivity contribution in [1.82, 2.24) is 0 Å². The lowest BCUT2D eigenvalue weighted by Gasteiger charge is -2.10. The van der Waals surface area contributed by atoms with Crippen molar-refractivity contribution < 1.29 is 14.3 Å². The molecule has 0 aliphatic rings. The molecule has 2 aromatic carbocycles. The molecule has 0 heterocycles. The highest BCUT2D eigenvalue weighted by Crippen LogP contribution is 2.25. The third kappa shape index (κ3) is 6.02. The highest BCUT2D eigenvalue weighted by Gasteiger charge is 2.07. The Morgan fingerprint density at radius 3 is 2.71 bits per heavy atom. The second-order valence-corrected chi connectivity index (χ2v) is 5.79. The van der Waals surface area contributed by atoms with E-state index < -0.39 is 6.03 Å². The molecular formula is C17H18Cl2N2O3. The Morgan fingerprint density at radius 1 is 1.08 bits per heavy atom. The zero-order valence-corrected chi connectivity index (χ0v) is 14.7. The molecule has 128 valence electrons. The van der Waals surface area contributed by atoms with Crippen LogP contribution in [-0.4, -0.2) is 26.4 Å².